The zero-order chi connectivity index (χ0) is 25.8. The first-order valence-electron chi connectivity index (χ1n) is 12.6. The summed E-state index contributed by atoms with van der Waals surface area (Å²) in [5.41, 5.74) is 5.16. The van der Waals surface area contributed by atoms with Gasteiger partial charge in [-0.2, -0.15) is 9.78 Å². The number of amides is 1. The van der Waals surface area contributed by atoms with Gasteiger partial charge >= 0.3 is 0 Å². The van der Waals surface area contributed by atoms with Crippen LogP contribution in [-0.4, -0.2) is 38.2 Å². The quantitative estimate of drug-likeness (QED) is 0.246. The van der Waals surface area contributed by atoms with Gasteiger partial charge in [-0.1, -0.05) is 30.7 Å². The average Bonchev–Trinajstić information content (AvgIpc) is 3.62. The van der Waals surface area contributed by atoms with Gasteiger partial charge in [0.1, 0.15) is 18.0 Å². The fourth-order valence-corrected chi connectivity index (χ4v) is 3.97. The number of nitrogens with one attached hydrogen (secondary N) is 4. The highest BCUT2D eigenvalue weighted by molar-refractivity contribution is 6.04. The highest BCUT2D eigenvalue weighted by Crippen LogP contribution is 2.28. The first-order chi connectivity index (χ1) is 18.0. The van der Waals surface area contributed by atoms with E-state index in [2.05, 4.69) is 38.2 Å². The van der Waals surface area contributed by atoms with Gasteiger partial charge in [0.05, 0.1) is 5.69 Å². The molecule has 37 heavy (non-hydrogen) atoms. The Kier molecular flexibility index (Phi) is 7.14. The molecule has 9 nitrogen and oxygen atoms in total. The molecule has 5 rings (SSSR count). The van der Waals surface area contributed by atoms with E-state index in [9.17, 15) is 4.79 Å². The molecule has 0 saturated heterocycles. The Morgan fingerprint density at radius 1 is 1.05 bits per heavy atom. The Morgan fingerprint density at radius 2 is 1.92 bits per heavy atom. The van der Waals surface area contributed by atoms with Crippen molar-refractivity contribution in [1.82, 2.24) is 25.1 Å². The molecule has 1 aliphatic rings. The summed E-state index contributed by atoms with van der Waals surface area (Å²) >= 11 is 0. The third-order valence-electron chi connectivity index (χ3n) is 6.15. The molecule has 0 spiro atoms. The van der Waals surface area contributed by atoms with E-state index in [4.69, 9.17) is 5.10 Å². The van der Waals surface area contributed by atoms with Gasteiger partial charge in [0, 0.05) is 41.7 Å². The van der Waals surface area contributed by atoms with Gasteiger partial charge in [0.2, 0.25) is 0 Å². The minimum Gasteiger partial charge on any atom is -0.367 e. The van der Waals surface area contributed by atoms with Crippen LogP contribution < -0.4 is 21.3 Å². The fraction of sp³-hybridized carbons (Fsp3) is 0.286. The zero-order valence-electron chi connectivity index (χ0n) is 21.4. The number of nitrogens with zero attached hydrogens (tertiary/aromatic N) is 4. The summed E-state index contributed by atoms with van der Waals surface area (Å²) < 4.78 is 1.80. The molecule has 1 saturated carbocycles. The van der Waals surface area contributed by atoms with Crippen LogP contribution >= 0.6 is 0 Å². The van der Waals surface area contributed by atoms with Crippen LogP contribution in [0.4, 0.5) is 23.0 Å². The molecular formula is C28H32N8O. The molecule has 2 aromatic heterocycles. The third-order valence-corrected chi connectivity index (χ3v) is 6.15. The molecule has 1 fully saturated rings. The van der Waals surface area contributed by atoms with E-state index in [0.29, 0.717) is 29.7 Å². The van der Waals surface area contributed by atoms with Gasteiger partial charge in [-0.25, -0.2) is 9.97 Å². The second kappa shape index (κ2) is 10.8. The van der Waals surface area contributed by atoms with Gasteiger partial charge in [-0.15, -0.1) is 0 Å². The minimum absolute atomic E-state index is 0.145. The maximum atomic E-state index is 12.8. The van der Waals surface area contributed by atoms with E-state index in [1.807, 2.05) is 68.4 Å². The van der Waals surface area contributed by atoms with Crippen molar-refractivity contribution in [2.45, 2.75) is 46.2 Å². The molecular weight excluding hydrogens is 464 g/mol. The Labute approximate surface area is 216 Å². The van der Waals surface area contributed by atoms with Crippen LogP contribution in [0.1, 0.15) is 46.9 Å². The van der Waals surface area contributed by atoms with E-state index >= 15 is 0 Å². The highest BCUT2D eigenvalue weighted by atomic mass is 16.1. The SMILES string of the molecule is CCNCc1cc(Nc2cc(NC(=O)c3cccc(C)c3)ccc2C)n(-c2cc(NC3CC3)ncn2)n1. The Morgan fingerprint density at radius 3 is 2.70 bits per heavy atom. The van der Waals surface area contributed by atoms with Crippen LogP contribution in [0.25, 0.3) is 5.82 Å². The van der Waals surface area contributed by atoms with Crippen LogP contribution in [0.2, 0.25) is 0 Å². The number of aromatic nitrogens is 4. The molecule has 4 N–H and O–H groups in total. The largest absolute Gasteiger partial charge is 0.367 e. The second-order valence-electron chi connectivity index (χ2n) is 9.37. The molecule has 2 heterocycles. The number of anilines is 4. The lowest BCUT2D eigenvalue weighted by atomic mass is 10.1. The molecule has 0 aliphatic heterocycles. The van der Waals surface area contributed by atoms with E-state index in [1.54, 1.807) is 11.0 Å². The standard InChI is InChI=1S/C28H32N8O/c1-4-29-16-23-14-27(36(35-23)26-15-25(30-17-31-26)32-21-10-11-21)34-24-13-22(9-8-19(24)3)33-28(37)20-7-5-6-18(2)12-20/h5-9,12-15,17,21,29,34H,4,10-11,16H2,1-3H3,(H,33,37)(H,30,31,32). The molecule has 0 bridgehead atoms. The average molecular weight is 497 g/mol. The number of benzene rings is 2. The topological polar surface area (TPSA) is 109 Å². The van der Waals surface area contributed by atoms with Crippen LogP contribution in [0.5, 0.6) is 0 Å². The van der Waals surface area contributed by atoms with Crippen molar-refractivity contribution in [3.8, 4) is 5.82 Å². The third kappa shape index (κ3) is 6.13. The molecule has 1 aliphatic carbocycles. The van der Waals surface area contributed by atoms with Crippen molar-refractivity contribution in [2.24, 2.45) is 0 Å². The number of hydrogen-bond donors (Lipinski definition) is 4. The van der Waals surface area contributed by atoms with Crippen molar-refractivity contribution in [3.05, 3.63) is 83.3 Å². The lowest BCUT2D eigenvalue weighted by molar-refractivity contribution is 0.102. The molecule has 0 atom stereocenters. The van der Waals surface area contributed by atoms with Gasteiger partial charge < -0.3 is 21.3 Å². The van der Waals surface area contributed by atoms with E-state index in [-0.39, 0.29) is 5.91 Å². The van der Waals surface area contributed by atoms with E-state index < -0.39 is 0 Å². The molecule has 0 radical (unpaired) electrons. The smallest absolute Gasteiger partial charge is 0.255 e. The summed E-state index contributed by atoms with van der Waals surface area (Å²) in [5, 5.41) is 18.1. The molecule has 190 valence electrons. The number of carbonyl (C=O) groups is 1. The van der Waals surface area contributed by atoms with E-state index in [1.165, 1.54) is 0 Å². The summed E-state index contributed by atoms with van der Waals surface area (Å²) in [5.74, 6) is 2.09. The maximum Gasteiger partial charge on any atom is 0.255 e. The predicted molar refractivity (Wildman–Crippen MR) is 147 cm³/mol. The highest BCUT2D eigenvalue weighted by Gasteiger charge is 2.22. The first-order valence-corrected chi connectivity index (χ1v) is 12.6. The van der Waals surface area contributed by atoms with Crippen LogP contribution in [0.3, 0.4) is 0 Å². The lowest BCUT2D eigenvalue weighted by Crippen LogP contribution is -2.13. The number of rotatable bonds is 10. The Hall–Kier alpha value is -4.24. The van der Waals surface area contributed by atoms with Crippen LogP contribution in [-0.2, 0) is 6.54 Å². The number of aryl methyl sites for hydroxylation is 2. The molecule has 1 amide bonds. The van der Waals surface area contributed by atoms with Crippen LogP contribution in [0.15, 0.2) is 60.9 Å². The fourth-order valence-electron chi connectivity index (χ4n) is 3.97. The molecule has 0 unspecified atom stereocenters. The minimum atomic E-state index is -0.145. The summed E-state index contributed by atoms with van der Waals surface area (Å²) in [6.07, 6.45) is 3.88. The van der Waals surface area contributed by atoms with Crippen molar-refractivity contribution < 1.29 is 4.79 Å². The maximum absolute atomic E-state index is 12.8. The van der Waals surface area contributed by atoms with Crippen molar-refractivity contribution in [3.63, 3.8) is 0 Å². The van der Waals surface area contributed by atoms with Gasteiger partial charge in [-0.05, 0) is 63.1 Å². The summed E-state index contributed by atoms with van der Waals surface area (Å²) in [7, 11) is 0. The van der Waals surface area contributed by atoms with E-state index in [0.717, 1.165) is 53.5 Å². The number of hydrogen-bond acceptors (Lipinski definition) is 7. The Bertz CT molecular complexity index is 1410. The number of carbonyl (C=O) groups excluding carboxylic acids is 1. The first kappa shape index (κ1) is 24.5. The molecule has 9 heteroatoms. The normalized spacial score (nSPS) is 12.8. The van der Waals surface area contributed by atoms with Crippen LogP contribution in [0, 0.1) is 13.8 Å². The summed E-state index contributed by atoms with van der Waals surface area (Å²) in [6.45, 7) is 7.55. The van der Waals surface area contributed by atoms with Gasteiger partial charge in [-0.3, -0.25) is 4.79 Å². The van der Waals surface area contributed by atoms with Crippen molar-refractivity contribution in [1.29, 1.82) is 0 Å². The van der Waals surface area contributed by atoms with Gasteiger partial charge in [0.15, 0.2) is 5.82 Å². The van der Waals surface area contributed by atoms with Crippen molar-refractivity contribution >= 4 is 28.9 Å². The van der Waals surface area contributed by atoms with Gasteiger partial charge in [0.25, 0.3) is 5.91 Å². The summed E-state index contributed by atoms with van der Waals surface area (Å²) in [4.78, 5) is 21.7. The zero-order valence-corrected chi connectivity index (χ0v) is 21.4. The van der Waals surface area contributed by atoms with Crippen molar-refractivity contribution in [2.75, 3.05) is 22.5 Å². The second-order valence-corrected chi connectivity index (χ2v) is 9.37. The molecule has 4 aromatic rings. The lowest BCUT2D eigenvalue weighted by Gasteiger charge is -2.14. The molecule has 2 aromatic carbocycles. The predicted octanol–water partition coefficient (Wildman–Crippen LogP) is 4.96. The monoisotopic (exact) mass is 496 g/mol. The summed E-state index contributed by atoms with van der Waals surface area (Å²) in [6, 6.07) is 17.8. The Balaban J connectivity index is 1.42.